The molecule has 2 nitrogen and oxygen atoms in total. The van der Waals surface area contributed by atoms with E-state index in [0.29, 0.717) is 18.0 Å². The lowest BCUT2D eigenvalue weighted by Gasteiger charge is -2.28. The lowest BCUT2D eigenvalue weighted by molar-refractivity contribution is 0.0669. The smallest absolute Gasteiger partial charge is 0.264 e. The zero-order valence-electron chi connectivity index (χ0n) is 11.9. The van der Waals surface area contributed by atoms with Crippen molar-refractivity contribution in [3.05, 3.63) is 21.4 Å². The summed E-state index contributed by atoms with van der Waals surface area (Å²) < 4.78 is 0. The highest BCUT2D eigenvalue weighted by molar-refractivity contribution is 7.14. The van der Waals surface area contributed by atoms with Gasteiger partial charge in [0.15, 0.2) is 0 Å². The molecule has 0 aromatic carbocycles. The first-order chi connectivity index (χ1) is 9.20. The van der Waals surface area contributed by atoms with E-state index in [1.807, 2.05) is 0 Å². The minimum absolute atomic E-state index is 0.308. The van der Waals surface area contributed by atoms with Gasteiger partial charge >= 0.3 is 0 Å². The van der Waals surface area contributed by atoms with Crippen LogP contribution in [-0.2, 0) is 6.42 Å². The zero-order valence-corrected chi connectivity index (χ0v) is 12.8. The molecule has 0 unspecified atom stereocenters. The first-order valence-electron chi connectivity index (χ1n) is 7.62. The van der Waals surface area contributed by atoms with E-state index >= 15 is 0 Å². The van der Waals surface area contributed by atoms with Gasteiger partial charge in [0.05, 0.1) is 4.88 Å². The van der Waals surface area contributed by atoms with Crippen molar-refractivity contribution in [1.29, 1.82) is 0 Å². The molecule has 3 rings (SSSR count). The molecule has 0 N–H and O–H groups in total. The Morgan fingerprint density at radius 2 is 1.89 bits per heavy atom. The summed E-state index contributed by atoms with van der Waals surface area (Å²) >= 11 is 1.71. The fraction of sp³-hybridized carbons (Fsp3) is 0.688. The molecule has 0 aliphatic heterocycles. The van der Waals surface area contributed by atoms with Crippen molar-refractivity contribution in [2.75, 3.05) is 0 Å². The van der Waals surface area contributed by atoms with Crippen molar-refractivity contribution >= 4 is 17.2 Å². The molecule has 1 amide bonds. The lowest BCUT2D eigenvalue weighted by atomic mass is 10.2. The molecule has 1 aromatic heterocycles. The van der Waals surface area contributed by atoms with Gasteiger partial charge in [-0.3, -0.25) is 4.79 Å². The van der Waals surface area contributed by atoms with Crippen LogP contribution in [0.1, 0.15) is 65.6 Å². The summed E-state index contributed by atoms with van der Waals surface area (Å²) in [6, 6.07) is 3.17. The Kier molecular flexibility index (Phi) is 3.66. The summed E-state index contributed by atoms with van der Waals surface area (Å²) in [4.78, 5) is 17.4. The maximum Gasteiger partial charge on any atom is 0.264 e. The lowest BCUT2D eigenvalue weighted by Crippen LogP contribution is -2.40. The highest BCUT2D eigenvalue weighted by atomic mass is 32.1. The van der Waals surface area contributed by atoms with Crippen LogP contribution >= 0.6 is 11.3 Å². The number of thiophene rings is 1. The average molecular weight is 277 g/mol. The predicted octanol–water partition coefficient (Wildman–Crippen LogP) is 4.17. The molecule has 2 saturated carbocycles. The Labute approximate surface area is 119 Å². The molecule has 104 valence electrons. The van der Waals surface area contributed by atoms with E-state index in [0.717, 1.165) is 11.3 Å². The molecule has 0 atom stereocenters. The summed E-state index contributed by atoms with van der Waals surface area (Å²) in [6.07, 6.45) is 8.49. The molecule has 0 spiro atoms. The summed E-state index contributed by atoms with van der Waals surface area (Å²) in [5, 5.41) is 0. The molecule has 1 aromatic rings. The standard InChI is InChI=1S/C16H23NOS/c1-3-14-11(2)10-15(19-14)16(18)17(13-8-9-13)12-6-4-5-7-12/h10,12-13H,3-9H2,1-2H3. The van der Waals surface area contributed by atoms with Gasteiger partial charge in [-0.25, -0.2) is 0 Å². The maximum absolute atomic E-state index is 12.8. The summed E-state index contributed by atoms with van der Waals surface area (Å²) in [5.74, 6) is 0.308. The number of carbonyl (C=O) groups excluding carboxylic acids is 1. The Morgan fingerprint density at radius 3 is 2.42 bits per heavy atom. The van der Waals surface area contributed by atoms with Crippen molar-refractivity contribution in [3.63, 3.8) is 0 Å². The van der Waals surface area contributed by atoms with Crippen molar-refractivity contribution in [2.45, 2.75) is 70.9 Å². The third-order valence-electron chi connectivity index (χ3n) is 4.45. The van der Waals surface area contributed by atoms with Crippen LogP contribution in [0.3, 0.4) is 0 Å². The molecule has 1 heterocycles. The van der Waals surface area contributed by atoms with Gasteiger partial charge in [0.25, 0.3) is 5.91 Å². The van der Waals surface area contributed by atoms with Crippen LogP contribution in [0.15, 0.2) is 6.07 Å². The average Bonchev–Trinajstić information content (AvgIpc) is 2.94. The maximum atomic E-state index is 12.8. The fourth-order valence-corrected chi connectivity index (χ4v) is 4.33. The van der Waals surface area contributed by atoms with Crippen LogP contribution in [0, 0.1) is 6.92 Å². The van der Waals surface area contributed by atoms with Crippen LogP contribution in [0.4, 0.5) is 0 Å². The SMILES string of the molecule is CCc1sc(C(=O)N(C2CCCC2)C2CC2)cc1C. The molecular weight excluding hydrogens is 254 g/mol. The Morgan fingerprint density at radius 1 is 1.26 bits per heavy atom. The van der Waals surface area contributed by atoms with Gasteiger partial charge in [0.2, 0.25) is 0 Å². The second-order valence-corrected chi connectivity index (χ2v) is 7.09. The highest BCUT2D eigenvalue weighted by Gasteiger charge is 2.39. The summed E-state index contributed by atoms with van der Waals surface area (Å²) in [5.41, 5.74) is 1.29. The first-order valence-corrected chi connectivity index (χ1v) is 8.44. The largest absolute Gasteiger partial charge is 0.332 e. The first kappa shape index (κ1) is 13.2. The topological polar surface area (TPSA) is 20.3 Å². The van der Waals surface area contributed by atoms with Gasteiger partial charge in [-0.1, -0.05) is 19.8 Å². The number of amides is 1. The third-order valence-corrected chi connectivity index (χ3v) is 5.81. The fourth-order valence-electron chi connectivity index (χ4n) is 3.27. The number of hydrogen-bond acceptors (Lipinski definition) is 2. The van der Waals surface area contributed by atoms with Crippen molar-refractivity contribution < 1.29 is 4.79 Å². The molecule has 0 bridgehead atoms. The molecular formula is C16H23NOS. The van der Waals surface area contributed by atoms with Crippen LogP contribution in [-0.4, -0.2) is 22.9 Å². The van der Waals surface area contributed by atoms with Gasteiger partial charge in [-0.15, -0.1) is 11.3 Å². The van der Waals surface area contributed by atoms with Crippen LogP contribution in [0.25, 0.3) is 0 Å². The molecule has 3 heteroatoms. The van der Waals surface area contributed by atoms with Crippen molar-refractivity contribution in [1.82, 2.24) is 4.90 Å². The minimum atomic E-state index is 0.308. The number of carbonyl (C=O) groups is 1. The Hall–Kier alpha value is -0.830. The normalized spacial score (nSPS) is 19.9. The molecule has 0 saturated heterocycles. The van der Waals surface area contributed by atoms with Gasteiger partial charge in [-0.2, -0.15) is 0 Å². The second-order valence-electron chi connectivity index (χ2n) is 5.95. The van der Waals surface area contributed by atoms with Crippen LogP contribution < -0.4 is 0 Å². The van der Waals surface area contributed by atoms with E-state index in [1.165, 1.54) is 49.0 Å². The Balaban J connectivity index is 1.82. The van der Waals surface area contributed by atoms with E-state index in [-0.39, 0.29) is 0 Å². The van der Waals surface area contributed by atoms with Gasteiger partial charge < -0.3 is 4.90 Å². The predicted molar refractivity (Wildman–Crippen MR) is 79.9 cm³/mol. The van der Waals surface area contributed by atoms with E-state index in [9.17, 15) is 4.79 Å². The van der Waals surface area contributed by atoms with Crippen LogP contribution in [0.5, 0.6) is 0 Å². The quantitative estimate of drug-likeness (QED) is 0.809. The highest BCUT2D eigenvalue weighted by Crippen LogP contribution is 2.36. The number of rotatable bonds is 4. The van der Waals surface area contributed by atoms with Gasteiger partial charge in [0.1, 0.15) is 0 Å². The van der Waals surface area contributed by atoms with Gasteiger partial charge in [-0.05, 0) is 50.7 Å². The van der Waals surface area contributed by atoms with Crippen LogP contribution in [0.2, 0.25) is 0 Å². The molecule has 2 aliphatic carbocycles. The van der Waals surface area contributed by atoms with E-state index in [1.54, 1.807) is 11.3 Å². The zero-order chi connectivity index (χ0) is 13.4. The minimum Gasteiger partial charge on any atom is -0.332 e. The molecule has 0 radical (unpaired) electrons. The van der Waals surface area contributed by atoms with Crippen molar-refractivity contribution in [2.24, 2.45) is 0 Å². The summed E-state index contributed by atoms with van der Waals surface area (Å²) in [6.45, 7) is 4.30. The molecule has 19 heavy (non-hydrogen) atoms. The third kappa shape index (κ3) is 2.58. The number of nitrogens with zero attached hydrogens (tertiary/aromatic N) is 1. The number of aryl methyl sites for hydroxylation is 2. The van der Waals surface area contributed by atoms with Crippen molar-refractivity contribution in [3.8, 4) is 0 Å². The van der Waals surface area contributed by atoms with Gasteiger partial charge in [0, 0.05) is 17.0 Å². The van der Waals surface area contributed by atoms with E-state index in [2.05, 4.69) is 24.8 Å². The van der Waals surface area contributed by atoms with E-state index < -0.39 is 0 Å². The molecule has 2 fully saturated rings. The number of hydrogen-bond donors (Lipinski definition) is 0. The Bertz CT molecular complexity index is 469. The molecule has 2 aliphatic rings. The van der Waals surface area contributed by atoms with E-state index in [4.69, 9.17) is 0 Å². The monoisotopic (exact) mass is 277 g/mol. The second kappa shape index (κ2) is 5.28. The summed E-state index contributed by atoms with van der Waals surface area (Å²) in [7, 11) is 0.